The first kappa shape index (κ1) is 15.5. The van der Waals surface area contributed by atoms with Crippen molar-refractivity contribution < 1.29 is 4.74 Å². The lowest BCUT2D eigenvalue weighted by Gasteiger charge is -2.16. The molecule has 0 aromatic heterocycles. The Bertz CT molecular complexity index is 447. The Hall–Kier alpha value is -1.53. The number of hydrogen-bond acceptors (Lipinski definition) is 3. The van der Waals surface area contributed by atoms with Gasteiger partial charge in [-0.2, -0.15) is 5.26 Å². The Morgan fingerprint density at radius 1 is 1.37 bits per heavy atom. The largest absolute Gasteiger partial charge is 0.493 e. The molecule has 1 N–H and O–H groups in total. The monoisotopic (exact) mass is 260 g/mol. The predicted molar refractivity (Wildman–Crippen MR) is 78.1 cm³/mol. The van der Waals surface area contributed by atoms with Crippen molar-refractivity contribution in [3.05, 3.63) is 29.3 Å². The molecule has 0 fully saturated rings. The summed E-state index contributed by atoms with van der Waals surface area (Å²) in [5.74, 6) is 0.940. The average molecular weight is 260 g/mol. The van der Waals surface area contributed by atoms with Crippen LogP contribution in [0.3, 0.4) is 0 Å². The van der Waals surface area contributed by atoms with Gasteiger partial charge in [-0.05, 0) is 46.7 Å². The second kappa shape index (κ2) is 7.16. The van der Waals surface area contributed by atoms with Crippen molar-refractivity contribution in [1.82, 2.24) is 5.32 Å². The zero-order valence-corrected chi connectivity index (χ0v) is 12.4. The Morgan fingerprint density at radius 2 is 2.11 bits per heavy atom. The van der Waals surface area contributed by atoms with Gasteiger partial charge in [0.2, 0.25) is 0 Å². The highest BCUT2D eigenvalue weighted by atomic mass is 16.5. The van der Waals surface area contributed by atoms with E-state index in [9.17, 15) is 0 Å². The van der Waals surface area contributed by atoms with Gasteiger partial charge in [0.15, 0.2) is 0 Å². The van der Waals surface area contributed by atoms with E-state index in [2.05, 4.69) is 30.4 Å². The number of benzene rings is 1. The molecule has 3 heteroatoms. The van der Waals surface area contributed by atoms with Crippen LogP contribution < -0.4 is 10.1 Å². The minimum absolute atomic E-state index is 0.259. The van der Waals surface area contributed by atoms with Gasteiger partial charge in [-0.3, -0.25) is 0 Å². The zero-order chi connectivity index (χ0) is 14.3. The molecule has 0 saturated heterocycles. The number of ether oxygens (including phenoxy) is 1. The molecule has 3 nitrogen and oxygen atoms in total. The maximum Gasteiger partial charge on any atom is 0.123 e. The fourth-order valence-electron chi connectivity index (χ4n) is 1.93. The number of nitrogens with one attached hydrogen (secondary N) is 1. The number of aryl methyl sites for hydroxylation is 1. The van der Waals surface area contributed by atoms with Crippen molar-refractivity contribution in [2.24, 2.45) is 5.41 Å². The van der Waals surface area contributed by atoms with Crippen molar-refractivity contribution in [1.29, 1.82) is 5.26 Å². The molecule has 0 bridgehead atoms. The lowest BCUT2D eigenvalue weighted by molar-refractivity contribution is 0.281. The van der Waals surface area contributed by atoms with Gasteiger partial charge in [0.25, 0.3) is 0 Å². The first-order valence-electron chi connectivity index (χ1n) is 6.77. The van der Waals surface area contributed by atoms with Crippen molar-refractivity contribution in [3.8, 4) is 11.8 Å². The summed E-state index contributed by atoms with van der Waals surface area (Å²) in [6.07, 6.45) is 1.75. The Kier molecular flexibility index (Phi) is 5.85. The molecule has 0 aliphatic rings. The summed E-state index contributed by atoms with van der Waals surface area (Å²) < 4.78 is 5.84. The van der Waals surface area contributed by atoms with Crippen molar-refractivity contribution in [3.63, 3.8) is 0 Å². The van der Waals surface area contributed by atoms with Crippen molar-refractivity contribution in [2.75, 3.05) is 13.7 Å². The highest BCUT2D eigenvalue weighted by molar-refractivity contribution is 5.36. The number of hydrogen-bond donors (Lipinski definition) is 1. The summed E-state index contributed by atoms with van der Waals surface area (Å²) in [4.78, 5) is 0. The molecule has 0 aliphatic heterocycles. The van der Waals surface area contributed by atoms with Gasteiger partial charge in [0.1, 0.15) is 5.75 Å². The van der Waals surface area contributed by atoms with Crippen molar-refractivity contribution >= 4 is 0 Å². The molecule has 0 amide bonds. The van der Waals surface area contributed by atoms with Crippen LogP contribution in [0.2, 0.25) is 0 Å². The number of nitriles is 1. The molecule has 1 aromatic rings. The first-order chi connectivity index (χ1) is 8.98. The quantitative estimate of drug-likeness (QED) is 0.764. The highest BCUT2D eigenvalue weighted by Crippen LogP contribution is 2.23. The molecule has 0 spiro atoms. The smallest absolute Gasteiger partial charge is 0.123 e. The van der Waals surface area contributed by atoms with Crippen LogP contribution in [-0.4, -0.2) is 13.7 Å². The summed E-state index contributed by atoms with van der Waals surface area (Å²) in [6, 6.07) is 8.55. The molecule has 1 aromatic carbocycles. The summed E-state index contributed by atoms with van der Waals surface area (Å²) >= 11 is 0. The van der Waals surface area contributed by atoms with Gasteiger partial charge in [0, 0.05) is 12.1 Å². The van der Waals surface area contributed by atoms with E-state index in [1.807, 2.05) is 27.0 Å². The summed E-state index contributed by atoms with van der Waals surface area (Å²) in [5, 5.41) is 12.1. The highest BCUT2D eigenvalue weighted by Gasteiger charge is 2.15. The van der Waals surface area contributed by atoms with Gasteiger partial charge in [-0.1, -0.05) is 17.7 Å². The molecule has 0 atom stereocenters. The van der Waals surface area contributed by atoms with Crippen LogP contribution in [0.15, 0.2) is 18.2 Å². The molecule has 0 radical (unpaired) electrons. The van der Waals surface area contributed by atoms with Crippen LogP contribution in [-0.2, 0) is 6.54 Å². The summed E-state index contributed by atoms with van der Waals surface area (Å²) in [7, 11) is 1.93. The Labute approximate surface area is 116 Å². The molecule has 19 heavy (non-hydrogen) atoms. The Balaban J connectivity index is 2.51. The van der Waals surface area contributed by atoms with Crippen LogP contribution in [0.5, 0.6) is 5.75 Å². The molecular formula is C16H24N2O. The van der Waals surface area contributed by atoms with E-state index in [1.165, 1.54) is 11.1 Å². The van der Waals surface area contributed by atoms with Gasteiger partial charge in [-0.15, -0.1) is 0 Å². The van der Waals surface area contributed by atoms with E-state index >= 15 is 0 Å². The summed E-state index contributed by atoms with van der Waals surface area (Å²) in [6.45, 7) is 7.47. The second-order valence-corrected chi connectivity index (χ2v) is 5.59. The van der Waals surface area contributed by atoms with Crippen LogP contribution >= 0.6 is 0 Å². The first-order valence-corrected chi connectivity index (χ1v) is 6.77. The molecule has 0 aliphatic carbocycles. The van der Waals surface area contributed by atoms with Gasteiger partial charge >= 0.3 is 0 Å². The van der Waals surface area contributed by atoms with Gasteiger partial charge < -0.3 is 10.1 Å². The van der Waals surface area contributed by atoms with Crippen LogP contribution in [0.4, 0.5) is 0 Å². The van der Waals surface area contributed by atoms with E-state index in [4.69, 9.17) is 10.00 Å². The van der Waals surface area contributed by atoms with E-state index < -0.39 is 0 Å². The maximum atomic E-state index is 8.96. The lowest BCUT2D eigenvalue weighted by atomic mass is 9.90. The van der Waals surface area contributed by atoms with Crippen molar-refractivity contribution in [2.45, 2.75) is 40.2 Å². The van der Waals surface area contributed by atoms with E-state index in [0.29, 0.717) is 6.61 Å². The molecule has 1 rings (SSSR count). The third kappa shape index (κ3) is 5.32. The number of nitrogens with zero attached hydrogens (tertiary/aromatic N) is 1. The van der Waals surface area contributed by atoms with E-state index in [-0.39, 0.29) is 5.41 Å². The Morgan fingerprint density at radius 3 is 2.74 bits per heavy atom. The summed E-state index contributed by atoms with van der Waals surface area (Å²) in [5.41, 5.74) is 2.16. The van der Waals surface area contributed by atoms with Crippen LogP contribution in [0.1, 0.15) is 37.8 Å². The fourth-order valence-corrected chi connectivity index (χ4v) is 1.93. The van der Waals surface area contributed by atoms with E-state index in [1.54, 1.807) is 0 Å². The second-order valence-electron chi connectivity index (χ2n) is 5.59. The van der Waals surface area contributed by atoms with Gasteiger partial charge in [0.05, 0.1) is 18.1 Å². The average Bonchev–Trinajstić information content (AvgIpc) is 2.37. The van der Waals surface area contributed by atoms with E-state index in [0.717, 1.165) is 25.1 Å². The maximum absolute atomic E-state index is 8.96. The fraction of sp³-hybridized carbons (Fsp3) is 0.562. The van der Waals surface area contributed by atoms with Gasteiger partial charge in [-0.25, -0.2) is 0 Å². The molecule has 104 valence electrons. The van der Waals surface area contributed by atoms with Crippen LogP contribution in [0.25, 0.3) is 0 Å². The third-order valence-electron chi connectivity index (χ3n) is 3.09. The predicted octanol–water partition coefficient (Wildman–Crippen LogP) is 3.42. The standard InChI is InChI=1S/C16H24N2O/c1-13-6-7-15(14(10-13)11-18-4)19-9-5-8-16(2,3)12-17/h6-7,10,18H,5,8-9,11H2,1-4H3. The SMILES string of the molecule is CNCc1cc(C)ccc1OCCCC(C)(C)C#N. The third-order valence-corrected chi connectivity index (χ3v) is 3.09. The molecule has 0 saturated carbocycles. The lowest BCUT2D eigenvalue weighted by Crippen LogP contribution is -2.11. The number of rotatable bonds is 7. The molecule has 0 heterocycles. The topological polar surface area (TPSA) is 45.0 Å². The van der Waals surface area contributed by atoms with Crippen LogP contribution in [0, 0.1) is 23.7 Å². The normalized spacial score (nSPS) is 11.1. The molecule has 0 unspecified atom stereocenters. The minimum atomic E-state index is -0.259. The minimum Gasteiger partial charge on any atom is -0.493 e. The zero-order valence-electron chi connectivity index (χ0n) is 12.4. The molecular weight excluding hydrogens is 236 g/mol.